The molecule has 2 rings (SSSR count). The van der Waals surface area contributed by atoms with Gasteiger partial charge in [0.15, 0.2) is 0 Å². The molecule has 0 radical (unpaired) electrons. The van der Waals surface area contributed by atoms with Crippen LogP contribution in [0, 0.1) is 6.92 Å². The second-order valence-corrected chi connectivity index (χ2v) is 5.28. The highest BCUT2D eigenvalue weighted by molar-refractivity contribution is 5.78. The zero-order valence-corrected chi connectivity index (χ0v) is 12.3. The minimum absolute atomic E-state index is 0.0181. The molecule has 110 valence electrons. The van der Waals surface area contributed by atoms with Crippen molar-refractivity contribution in [3.63, 3.8) is 0 Å². The first-order valence-corrected chi connectivity index (χ1v) is 7.23. The number of carbonyl (C=O) groups excluding carboxylic acids is 1. The standard InChI is InChI=1S/C18H21NO2/c1-14-4-6-15(7-5-14)3-2-12-19-18(21)13-16-8-10-17(20)11-9-16/h4-11,20H,2-3,12-13H2,1H3,(H,19,21). The molecule has 0 fully saturated rings. The van der Waals surface area contributed by atoms with Crippen molar-refractivity contribution < 1.29 is 9.90 Å². The number of aryl methyl sites for hydroxylation is 2. The number of amides is 1. The predicted octanol–water partition coefficient (Wildman–Crippen LogP) is 2.99. The number of phenolic OH excluding ortho intramolecular Hbond substituents is 1. The first-order valence-electron chi connectivity index (χ1n) is 7.23. The Morgan fingerprint density at radius 3 is 2.29 bits per heavy atom. The zero-order chi connectivity index (χ0) is 15.1. The lowest BCUT2D eigenvalue weighted by Gasteiger charge is -2.06. The number of benzene rings is 2. The third-order valence-corrected chi connectivity index (χ3v) is 3.39. The minimum atomic E-state index is 0.0181. The van der Waals surface area contributed by atoms with Crippen LogP contribution in [-0.2, 0) is 17.6 Å². The maximum Gasteiger partial charge on any atom is 0.224 e. The molecule has 0 unspecified atom stereocenters. The fourth-order valence-corrected chi connectivity index (χ4v) is 2.14. The van der Waals surface area contributed by atoms with Gasteiger partial charge in [-0.3, -0.25) is 4.79 Å². The van der Waals surface area contributed by atoms with Crippen LogP contribution in [0.5, 0.6) is 5.75 Å². The summed E-state index contributed by atoms with van der Waals surface area (Å²) in [6.45, 7) is 2.76. The minimum Gasteiger partial charge on any atom is -0.508 e. The first kappa shape index (κ1) is 15.1. The van der Waals surface area contributed by atoms with E-state index in [0.717, 1.165) is 18.4 Å². The van der Waals surface area contributed by atoms with Gasteiger partial charge in [-0.05, 0) is 43.0 Å². The van der Waals surface area contributed by atoms with Gasteiger partial charge in [0.25, 0.3) is 0 Å². The molecule has 3 nitrogen and oxygen atoms in total. The molecular formula is C18H21NO2. The lowest BCUT2D eigenvalue weighted by molar-refractivity contribution is -0.120. The second-order valence-electron chi connectivity index (χ2n) is 5.28. The van der Waals surface area contributed by atoms with Gasteiger partial charge in [0.05, 0.1) is 6.42 Å². The molecule has 0 saturated carbocycles. The Balaban J connectivity index is 1.67. The average Bonchev–Trinajstić information content (AvgIpc) is 2.48. The summed E-state index contributed by atoms with van der Waals surface area (Å²) in [5.41, 5.74) is 3.47. The van der Waals surface area contributed by atoms with E-state index in [2.05, 4.69) is 36.5 Å². The van der Waals surface area contributed by atoms with E-state index >= 15 is 0 Å². The van der Waals surface area contributed by atoms with Crippen molar-refractivity contribution in [3.8, 4) is 5.75 Å². The normalized spacial score (nSPS) is 10.3. The van der Waals surface area contributed by atoms with Crippen LogP contribution in [0.25, 0.3) is 0 Å². The smallest absolute Gasteiger partial charge is 0.224 e. The summed E-state index contributed by atoms with van der Waals surface area (Å²) in [4.78, 5) is 11.8. The van der Waals surface area contributed by atoms with Crippen LogP contribution < -0.4 is 5.32 Å². The largest absolute Gasteiger partial charge is 0.508 e. The molecular weight excluding hydrogens is 262 g/mol. The van der Waals surface area contributed by atoms with Crippen LogP contribution in [0.1, 0.15) is 23.1 Å². The number of hydrogen-bond donors (Lipinski definition) is 2. The van der Waals surface area contributed by atoms with Gasteiger partial charge in [-0.2, -0.15) is 0 Å². The van der Waals surface area contributed by atoms with Crippen molar-refractivity contribution in [3.05, 3.63) is 65.2 Å². The van der Waals surface area contributed by atoms with E-state index in [0.29, 0.717) is 13.0 Å². The molecule has 0 atom stereocenters. The van der Waals surface area contributed by atoms with Crippen LogP contribution in [0.4, 0.5) is 0 Å². The van der Waals surface area contributed by atoms with Crippen LogP contribution in [-0.4, -0.2) is 17.6 Å². The topological polar surface area (TPSA) is 49.3 Å². The zero-order valence-electron chi connectivity index (χ0n) is 12.3. The molecule has 0 heterocycles. The Labute approximate surface area is 125 Å². The predicted molar refractivity (Wildman–Crippen MR) is 84.3 cm³/mol. The van der Waals surface area contributed by atoms with Gasteiger partial charge < -0.3 is 10.4 Å². The molecule has 2 N–H and O–H groups in total. The van der Waals surface area contributed by atoms with Gasteiger partial charge in [-0.15, -0.1) is 0 Å². The summed E-state index contributed by atoms with van der Waals surface area (Å²) in [6, 6.07) is 15.2. The summed E-state index contributed by atoms with van der Waals surface area (Å²) in [5.74, 6) is 0.238. The summed E-state index contributed by atoms with van der Waals surface area (Å²) in [5, 5.41) is 12.1. The Kier molecular flexibility index (Phi) is 5.38. The number of rotatable bonds is 6. The highest BCUT2D eigenvalue weighted by Crippen LogP contribution is 2.10. The fraction of sp³-hybridized carbons (Fsp3) is 0.278. The van der Waals surface area contributed by atoms with Crippen molar-refractivity contribution >= 4 is 5.91 Å². The molecule has 0 aliphatic heterocycles. The quantitative estimate of drug-likeness (QED) is 0.801. The first-order chi connectivity index (χ1) is 10.1. The van der Waals surface area contributed by atoms with Crippen LogP contribution in [0.15, 0.2) is 48.5 Å². The van der Waals surface area contributed by atoms with E-state index in [1.165, 1.54) is 11.1 Å². The number of phenols is 1. The van der Waals surface area contributed by atoms with Gasteiger partial charge in [-0.1, -0.05) is 42.0 Å². The molecule has 0 aliphatic rings. The molecule has 0 bridgehead atoms. The van der Waals surface area contributed by atoms with Crippen molar-refractivity contribution in [2.45, 2.75) is 26.2 Å². The summed E-state index contributed by atoms with van der Waals surface area (Å²) in [7, 11) is 0. The molecule has 2 aromatic carbocycles. The Morgan fingerprint density at radius 2 is 1.62 bits per heavy atom. The van der Waals surface area contributed by atoms with Gasteiger partial charge in [-0.25, -0.2) is 0 Å². The second kappa shape index (κ2) is 7.48. The lowest BCUT2D eigenvalue weighted by Crippen LogP contribution is -2.26. The Bertz CT molecular complexity index is 573. The molecule has 0 aromatic heterocycles. The summed E-state index contributed by atoms with van der Waals surface area (Å²) >= 11 is 0. The van der Waals surface area contributed by atoms with Crippen molar-refractivity contribution in [2.75, 3.05) is 6.54 Å². The van der Waals surface area contributed by atoms with E-state index in [1.54, 1.807) is 24.3 Å². The highest BCUT2D eigenvalue weighted by Gasteiger charge is 2.03. The maximum atomic E-state index is 11.8. The number of nitrogens with one attached hydrogen (secondary N) is 1. The number of carbonyl (C=O) groups is 1. The summed E-state index contributed by atoms with van der Waals surface area (Å²) < 4.78 is 0. The van der Waals surface area contributed by atoms with E-state index in [1.807, 2.05) is 0 Å². The van der Waals surface area contributed by atoms with Crippen molar-refractivity contribution in [1.29, 1.82) is 0 Å². The van der Waals surface area contributed by atoms with Crippen LogP contribution >= 0.6 is 0 Å². The van der Waals surface area contributed by atoms with E-state index in [4.69, 9.17) is 0 Å². The average molecular weight is 283 g/mol. The summed E-state index contributed by atoms with van der Waals surface area (Å²) in [6.07, 6.45) is 2.26. The van der Waals surface area contributed by atoms with Gasteiger partial charge in [0.2, 0.25) is 5.91 Å². The monoisotopic (exact) mass is 283 g/mol. The van der Waals surface area contributed by atoms with E-state index in [-0.39, 0.29) is 11.7 Å². The van der Waals surface area contributed by atoms with Crippen molar-refractivity contribution in [2.24, 2.45) is 0 Å². The number of hydrogen-bond acceptors (Lipinski definition) is 2. The van der Waals surface area contributed by atoms with Crippen LogP contribution in [0.2, 0.25) is 0 Å². The Hall–Kier alpha value is -2.29. The Morgan fingerprint density at radius 1 is 1.00 bits per heavy atom. The SMILES string of the molecule is Cc1ccc(CCCNC(=O)Cc2ccc(O)cc2)cc1. The molecule has 3 heteroatoms. The third kappa shape index (κ3) is 5.30. The van der Waals surface area contributed by atoms with Gasteiger partial charge >= 0.3 is 0 Å². The molecule has 0 spiro atoms. The van der Waals surface area contributed by atoms with E-state index in [9.17, 15) is 9.90 Å². The molecule has 0 saturated heterocycles. The van der Waals surface area contributed by atoms with Crippen molar-refractivity contribution in [1.82, 2.24) is 5.32 Å². The van der Waals surface area contributed by atoms with Gasteiger partial charge in [0.1, 0.15) is 5.75 Å². The maximum absolute atomic E-state index is 11.8. The third-order valence-electron chi connectivity index (χ3n) is 3.39. The molecule has 21 heavy (non-hydrogen) atoms. The highest BCUT2D eigenvalue weighted by atomic mass is 16.3. The molecule has 1 amide bonds. The molecule has 0 aliphatic carbocycles. The molecule has 2 aromatic rings. The van der Waals surface area contributed by atoms with Crippen LogP contribution in [0.3, 0.4) is 0 Å². The fourth-order valence-electron chi connectivity index (χ4n) is 2.14. The van der Waals surface area contributed by atoms with E-state index < -0.39 is 0 Å². The number of aromatic hydroxyl groups is 1. The van der Waals surface area contributed by atoms with Gasteiger partial charge in [0, 0.05) is 6.54 Å². The lowest BCUT2D eigenvalue weighted by atomic mass is 10.1.